The molecule has 0 aliphatic carbocycles. The number of rotatable bonds is 8. The van der Waals surface area contributed by atoms with Crippen molar-refractivity contribution in [2.24, 2.45) is 11.5 Å². The summed E-state index contributed by atoms with van der Waals surface area (Å²) in [7, 11) is 1.91. The Hall–Kier alpha value is -4.21. The first-order chi connectivity index (χ1) is 18.3. The average Bonchev–Trinajstić information content (AvgIpc) is 3.46. The molecule has 1 heterocycles. The third-order valence-corrected chi connectivity index (χ3v) is 4.73. The Kier molecular flexibility index (Phi) is 24.5. The molecule has 0 saturated carbocycles. The van der Waals surface area contributed by atoms with Gasteiger partial charge in [0, 0.05) is 39.2 Å². The molecule has 1 unspecified atom stereocenters. The first kappa shape index (κ1) is 35.9. The van der Waals surface area contributed by atoms with Crippen molar-refractivity contribution in [1.29, 1.82) is 0 Å². The highest BCUT2D eigenvalue weighted by Gasteiger charge is 2.15. The smallest absolute Gasteiger partial charge is 0.222 e. The van der Waals surface area contributed by atoms with Crippen molar-refractivity contribution < 1.29 is 24.0 Å². The summed E-state index contributed by atoms with van der Waals surface area (Å²) in [6, 6.07) is 19.2. The van der Waals surface area contributed by atoms with Crippen LogP contribution in [0.3, 0.4) is 0 Å². The average molecular weight is 530 g/mol. The fourth-order valence-electron chi connectivity index (χ4n) is 3.05. The molecule has 10 heteroatoms. The second-order valence-electron chi connectivity index (χ2n) is 7.92. The van der Waals surface area contributed by atoms with Gasteiger partial charge >= 0.3 is 0 Å². The number of nitrogens with one attached hydrogen (secondary N) is 2. The Labute approximate surface area is 226 Å². The first-order valence-corrected chi connectivity index (χ1v) is 12.4. The highest BCUT2D eigenvalue weighted by molar-refractivity contribution is 5.76. The van der Waals surface area contributed by atoms with Gasteiger partial charge in [-0.25, -0.2) is 0 Å². The lowest BCUT2D eigenvalue weighted by Crippen LogP contribution is -2.31. The van der Waals surface area contributed by atoms with Crippen LogP contribution in [-0.4, -0.2) is 62.0 Å². The van der Waals surface area contributed by atoms with Gasteiger partial charge < -0.3 is 31.8 Å². The number of hydrogen-bond donors (Lipinski definition) is 4. The van der Waals surface area contributed by atoms with Crippen LogP contribution >= 0.6 is 0 Å². The zero-order chi connectivity index (χ0) is 29.0. The van der Waals surface area contributed by atoms with E-state index in [2.05, 4.69) is 22.1 Å². The van der Waals surface area contributed by atoms with Gasteiger partial charge in [-0.05, 0) is 43.4 Å². The Morgan fingerprint density at radius 2 is 1.45 bits per heavy atom. The Morgan fingerprint density at radius 1 is 0.974 bits per heavy atom. The summed E-state index contributed by atoms with van der Waals surface area (Å²) in [5, 5.41) is 5.46. The number of nitrogens with two attached hydrogens (primary N) is 2. The zero-order valence-corrected chi connectivity index (χ0v) is 22.7. The molecular weight excluding hydrogens is 486 g/mol. The SMILES string of the molecule is CC(N)=O.CCCC(=O)N1CCCC1.CNc1ccccc1.NC=O.O=CNC(C=O)Cc1ccccc1. The van der Waals surface area contributed by atoms with Gasteiger partial charge in [-0.2, -0.15) is 0 Å². The first-order valence-electron chi connectivity index (χ1n) is 12.4. The van der Waals surface area contributed by atoms with Crippen LogP contribution in [0, 0.1) is 0 Å². The van der Waals surface area contributed by atoms with E-state index in [1.54, 1.807) is 0 Å². The number of carbonyl (C=O) groups excluding carboxylic acids is 5. The highest BCUT2D eigenvalue weighted by atomic mass is 16.2. The molecule has 0 radical (unpaired) electrons. The third-order valence-electron chi connectivity index (χ3n) is 4.73. The summed E-state index contributed by atoms with van der Waals surface area (Å²) in [5.41, 5.74) is 10.8. The van der Waals surface area contributed by atoms with Crippen LogP contribution in [-0.2, 0) is 30.4 Å². The molecule has 2 aromatic carbocycles. The molecule has 0 spiro atoms. The Bertz CT molecular complexity index is 872. The van der Waals surface area contributed by atoms with E-state index < -0.39 is 6.04 Å². The van der Waals surface area contributed by atoms with E-state index in [4.69, 9.17) is 4.79 Å². The summed E-state index contributed by atoms with van der Waals surface area (Å²) in [4.78, 5) is 51.5. The van der Waals surface area contributed by atoms with E-state index in [0.29, 0.717) is 18.7 Å². The fraction of sp³-hybridized carbons (Fsp3) is 0.393. The minimum absolute atomic E-state index is 0.250. The second kappa shape index (κ2) is 25.9. The maximum atomic E-state index is 11.2. The van der Waals surface area contributed by atoms with Crippen LogP contribution in [0.5, 0.6) is 0 Å². The molecule has 4 amide bonds. The van der Waals surface area contributed by atoms with Gasteiger partial charge in [0.25, 0.3) is 0 Å². The molecule has 38 heavy (non-hydrogen) atoms. The van der Waals surface area contributed by atoms with Crippen molar-refractivity contribution in [3.63, 3.8) is 0 Å². The van der Waals surface area contributed by atoms with Crippen molar-refractivity contribution in [2.75, 3.05) is 25.5 Å². The minimum atomic E-state index is -0.417. The van der Waals surface area contributed by atoms with Gasteiger partial charge in [0.15, 0.2) is 0 Å². The van der Waals surface area contributed by atoms with Crippen LogP contribution in [0.2, 0.25) is 0 Å². The van der Waals surface area contributed by atoms with Gasteiger partial charge in [0.1, 0.15) is 6.29 Å². The molecule has 1 fully saturated rings. The van der Waals surface area contributed by atoms with Crippen molar-refractivity contribution in [3.05, 3.63) is 66.2 Å². The van der Waals surface area contributed by atoms with Crippen molar-refractivity contribution >= 4 is 36.6 Å². The van der Waals surface area contributed by atoms with Crippen molar-refractivity contribution in [3.8, 4) is 0 Å². The molecular formula is C28H43N5O5. The molecule has 0 aromatic heterocycles. The summed E-state index contributed by atoms with van der Waals surface area (Å²) in [6.45, 7) is 5.35. The quantitative estimate of drug-likeness (QED) is 0.383. The number of anilines is 1. The van der Waals surface area contributed by atoms with E-state index in [1.807, 2.05) is 79.5 Å². The van der Waals surface area contributed by atoms with Crippen molar-refractivity contribution in [2.45, 2.75) is 52.0 Å². The monoisotopic (exact) mass is 529 g/mol. The molecule has 1 saturated heterocycles. The van der Waals surface area contributed by atoms with Crippen LogP contribution in [0.4, 0.5) is 5.69 Å². The molecule has 0 bridgehead atoms. The van der Waals surface area contributed by atoms with E-state index in [1.165, 1.54) is 19.8 Å². The summed E-state index contributed by atoms with van der Waals surface area (Å²) >= 11 is 0. The van der Waals surface area contributed by atoms with Gasteiger partial charge in [0.05, 0.1) is 6.04 Å². The maximum absolute atomic E-state index is 11.2. The lowest BCUT2D eigenvalue weighted by molar-refractivity contribution is -0.130. The molecule has 3 rings (SSSR count). The number of nitrogens with zero attached hydrogens (tertiary/aromatic N) is 1. The molecule has 2 aromatic rings. The maximum Gasteiger partial charge on any atom is 0.222 e. The van der Waals surface area contributed by atoms with Gasteiger partial charge in [-0.3, -0.25) is 19.2 Å². The highest BCUT2D eigenvalue weighted by Crippen LogP contribution is 2.09. The molecule has 1 aliphatic heterocycles. The lowest BCUT2D eigenvalue weighted by atomic mass is 10.1. The second-order valence-corrected chi connectivity index (χ2v) is 7.92. The van der Waals surface area contributed by atoms with Crippen LogP contribution in [0.25, 0.3) is 0 Å². The molecule has 6 N–H and O–H groups in total. The minimum Gasteiger partial charge on any atom is -0.388 e. The summed E-state index contributed by atoms with van der Waals surface area (Å²) in [6.07, 6.45) is 6.20. The topological polar surface area (TPSA) is 165 Å². The van der Waals surface area contributed by atoms with Crippen LogP contribution in [0.15, 0.2) is 60.7 Å². The fourth-order valence-corrected chi connectivity index (χ4v) is 3.05. The zero-order valence-electron chi connectivity index (χ0n) is 22.7. The number of likely N-dealkylation sites (tertiary alicyclic amines) is 1. The predicted molar refractivity (Wildman–Crippen MR) is 151 cm³/mol. The number of carbonyl (C=O) groups is 5. The summed E-state index contributed by atoms with van der Waals surface area (Å²) in [5.74, 6) is 0.0139. The van der Waals surface area contributed by atoms with E-state index in [0.717, 1.165) is 43.5 Å². The summed E-state index contributed by atoms with van der Waals surface area (Å²) < 4.78 is 0. The lowest BCUT2D eigenvalue weighted by Gasteiger charge is -2.13. The molecule has 210 valence electrons. The predicted octanol–water partition coefficient (Wildman–Crippen LogP) is 2.27. The van der Waals surface area contributed by atoms with Crippen LogP contribution in [0.1, 0.15) is 45.1 Å². The number of amides is 4. The Balaban J connectivity index is 0. The molecule has 1 aliphatic rings. The van der Waals surface area contributed by atoms with Gasteiger partial charge in [-0.1, -0.05) is 55.5 Å². The number of aldehydes is 1. The van der Waals surface area contributed by atoms with E-state index >= 15 is 0 Å². The van der Waals surface area contributed by atoms with Gasteiger partial charge in [0.2, 0.25) is 24.6 Å². The number of para-hydroxylation sites is 1. The number of primary amides is 2. The van der Waals surface area contributed by atoms with Crippen LogP contribution < -0.4 is 22.1 Å². The largest absolute Gasteiger partial charge is 0.388 e. The van der Waals surface area contributed by atoms with E-state index in [-0.39, 0.29) is 12.3 Å². The number of benzene rings is 2. The standard InChI is InChI=1S/C10H11NO2.C8H15NO.C7H9N.C2H5NO.CH3NO/c12-7-10(11-8-13)6-9-4-2-1-3-5-9;1-2-5-8(10)9-6-3-4-7-9;1-8-7-5-3-2-4-6-7;1-2(3)4;2-1-3/h1-5,7-8,10H,6H2,(H,11,13);2-7H2,1H3;2-6,8H,1H3;1H3,(H2,3,4);1H,(H2,2,3). The van der Waals surface area contributed by atoms with Crippen molar-refractivity contribution in [1.82, 2.24) is 10.2 Å². The molecule has 10 nitrogen and oxygen atoms in total. The third kappa shape index (κ3) is 22.3. The normalized spacial score (nSPS) is 11.5. The Morgan fingerprint density at radius 3 is 1.82 bits per heavy atom. The van der Waals surface area contributed by atoms with E-state index in [9.17, 15) is 19.2 Å². The number of hydrogen-bond acceptors (Lipinski definition) is 6. The molecule has 1 atom stereocenters. The van der Waals surface area contributed by atoms with Gasteiger partial charge in [-0.15, -0.1) is 0 Å².